The van der Waals surface area contributed by atoms with E-state index in [2.05, 4.69) is 6.92 Å². The Kier molecular flexibility index (Phi) is 33.8. The molecule has 0 aromatic carbocycles. The molecule has 0 spiro atoms. The van der Waals surface area contributed by atoms with Gasteiger partial charge in [0, 0.05) is 25.8 Å². The molecule has 0 aliphatic heterocycles. The summed E-state index contributed by atoms with van der Waals surface area (Å²) in [6.45, 7) is 8.74. The lowest BCUT2D eigenvalue weighted by atomic mass is 10.0. The number of hydrogen-bond donors (Lipinski definition) is 3. The average Bonchev–Trinajstić information content (AvgIpc) is 2.88. The van der Waals surface area contributed by atoms with E-state index in [0.717, 1.165) is 69.6 Å². The third kappa shape index (κ3) is 31.5. The van der Waals surface area contributed by atoms with E-state index in [1.165, 1.54) is 109 Å². The van der Waals surface area contributed by atoms with Crippen molar-refractivity contribution in [2.45, 2.75) is 155 Å². The Morgan fingerprint density at radius 3 is 0.921 bits per heavy atom. The second kappa shape index (κ2) is 32.5. The maximum absolute atomic E-state index is 9.24. The molecule has 0 aliphatic rings. The molecule has 6 nitrogen and oxygen atoms in total. The molecule has 0 saturated heterocycles. The lowest BCUT2D eigenvalue weighted by Crippen LogP contribution is -2.51. The van der Waals surface area contributed by atoms with E-state index < -0.39 is 5.97 Å². The first-order chi connectivity index (χ1) is 18.5. The van der Waals surface area contributed by atoms with Crippen molar-refractivity contribution in [3.8, 4) is 0 Å². The Hall–Kier alpha value is -0.690. The van der Waals surface area contributed by atoms with Gasteiger partial charge in [-0.3, -0.25) is 0 Å². The summed E-state index contributed by atoms with van der Waals surface area (Å²) in [5.41, 5.74) is 0. The van der Waals surface area contributed by atoms with E-state index in [1.54, 1.807) is 0 Å². The third-order valence-electron chi connectivity index (χ3n) is 7.61. The molecular formula is C32H67NO5. The zero-order chi connectivity index (χ0) is 28.6. The topological polar surface area (TPSA) is 101 Å². The molecule has 0 aromatic rings. The first-order valence-electron chi connectivity index (χ1n) is 16.3. The van der Waals surface area contributed by atoms with E-state index in [1.807, 2.05) is 0 Å². The maximum Gasteiger partial charge on any atom is 0.0787 e. The van der Waals surface area contributed by atoms with Gasteiger partial charge in [-0.1, -0.05) is 96.8 Å². The molecule has 3 N–H and O–H groups in total. The highest BCUT2D eigenvalue weighted by atomic mass is 16.4. The van der Waals surface area contributed by atoms with Crippen LogP contribution in [-0.4, -0.2) is 71.8 Å². The SMILES string of the molecule is CC(=O)[O-].CCCCCCCCCCCCCCCCCC[N+](CCCCO)(CCCCO)CCCCO. The number of hydrogen-bond acceptors (Lipinski definition) is 5. The highest BCUT2D eigenvalue weighted by Gasteiger charge is 2.25. The van der Waals surface area contributed by atoms with Crippen molar-refractivity contribution >= 4 is 5.97 Å². The summed E-state index contributed by atoms with van der Waals surface area (Å²) in [5.74, 6) is -1.08. The van der Waals surface area contributed by atoms with Crippen LogP contribution in [0.1, 0.15) is 155 Å². The van der Waals surface area contributed by atoms with Crippen LogP contribution < -0.4 is 5.11 Å². The normalized spacial score (nSPS) is 11.4. The smallest absolute Gasteiger partial charge is 0.0787 e. The second-order valence-electron chi connectivity index (χ2n) is 11.3. The standard InChI is InChI=1S/C30H64NO3.C2H4O2/c1-2-3-4-5-6-7-8-9-10-11-12-13-14-15-16-17-24-31(25-18-21-28-32,26-19-22-29-33)27-20-23-30-34;1-2(3)4/h32-34H,2-30H2,1H3;1H3,(H,3,4)/q+1;/p-1. The van der Waals surface area contributed by atoms with Gasteiger partial charge in [0.05, 0.1) is 26.2 Å². The van der Waals surface area contributed by atoms with Gasteiger partial charge in [0.1, 0.15) is 0 Å². The minimum Gasteiger partial charge on any atom is -0.550 e. The number of carbonyl (C=O) groups excluding carboxylic acids is 1. The predicted molar refractivity (Wildman–Crippen MR) is 159 cm³/mol. The number of unbranched alkanes of at least 4 members (excludes halogenated alkanes) is 18. The molecule has 0 amide bonds. The first kappa shape index (κ1) is 39.5. The number of rotatable bonds is 29. The Labute approximate surface area is 236 Å². The van der Waals surface area contributed by atoms with Gasteiger partial charge in [0.15, 0.2) is 0 Å². The summed E-state index contributed by atoms with van der Waals surface area (Å²) in [6.07, 6.45) is 28.4. The van der Waals surface area contributed by atoms with Crippen molar-refractivity contribution in [1.82, 2.24) is 0 Å². The largest absolute Gasteiger partial charge is 0.550 e. The van der Waals surface area contributed by atoms with E-state index in [9.17, 15) is 15.3 Å². The van der Waals surface area contributed by atoms with Crippen molar-refractivity contribution in [3.05, 3.63) is 0 Å². The molecule has 0 aliphatic carbocycles. The van der Waals surface area contributed by atoms with Crippen molar-refractivity contribution in [2.24, 2.45) is 0 Å². The van der Waals surface area contributed by atoms with Crippen LogP contribution in [0.4, 0.5) is 0 Å². The fraction of sp³-hybridized carbons (Fsp3) is 0.969. The lowest BCUT2D eigenvalue weighted by Gasteiger charge is -2.39. The predicted octanol–water partition coefficient (Wildman–Crippen LogP) is 6.14. The van der Waals surface area contributed by atoms with Crippen LogP contribution in [0.15, 0.2) is 0 Å². The second-order valence-corrected chi connectivity index (χ2v) is 11.3. The van der Waals surface area contributed by atoms with Crippen LogP contribution in [0.3, 0.4) is 0 Å². The summed E-state index contributed by atoms with van der Waals surface area (Å²) in [7, 11) is 0. The lowest BCUT2D eigenvalue weighted by molar-refractivity contribution is -0.929. The number of carbonyl (C=O) groups is 1. The van der Waals surface area contributed by atoms with Gasteiger partial charge in [0.25, 0.3) is 0 Å². The van der Waals surface area contributed by atoms with E-state index in [-0.39, 0.29) is 19.8 Å². The van der Waals surface area contributed by atoms with Crippen molar-refractivity contribution in [1.29, 1.82) is 0 Å². The van der Waals surface area contributed by atoms with Gasteiger partial charge >= 0.3 is 0 Å². The molecular weight excluding hydrogens is 478 g/mol. The van der Waals surface area contributed by atoms with Gasteiger partial charge in [-0.05, 0) is 58.3 Å². The summed E-state index contributed by atoms with van der Waals surface area (Å²) < 4.78 is 1.12. The molecule has 6 heteroatoms. The minimum atomic E-state index is -1.08. The zero-order valence-corrected chi connectivity index (χ0v) is 25.6. The number of carboxylic acids is 1. The monoisotopic (exact) mass is 546 g/mol. The Morgan fingerprint density at radius 1 is 0.474 bits per heavy atom. The first-order valence-corrected chi connectivity index (χ1v) is 16.3. The summed E-state index contributed by atoms with van der Waals surface area (Å²) in [6, 6.07) is 0. The fourth-order valence-corrected chi connectivity index (χ4v) is 5.34. The quantitative estimate of drug-likeness (QED) is 0.0774. The van der Waals surface area contributed by atoms with E-state index in [0.29, 0.717) is 0 Å². The van der Waals surface area contributed by atoms with Crippen LogP contribution >= 0.6 is 0 Å². The van der Waals surface area contributed by atoms with E-state index in [4.69, 9.17) is 9.90 Å². The zero-order valence-electron chi connectivity index (χ0n) is 25.6. The number of aliphatic hydroxyl groups is 3. The van der Waals surface area contributed by atoms with Gasteiger partial charge in [0.2, 0.25) is 0 Å². The van der Waals surface area contributed by atoms with Crippen LogP contribution in [0.5, 0.6) is 0 Å². The van der Waals surface area contributed by atoms with Crippen molar-refractivity contribution in [2.75, 3.05) is 46.0 Å². The molecule has 0 fully saturated rings. The Balaban J connectivity index is 0. The molecule has 0 heterocycles. The van der Waals surface area contributed by atoms with Gasteiger partial charge in [-0.15, -0.1) is 0 Å². The summed E-state index contributed by atoms with van der Waals surface area (Å²) in [5, 5.41) is 36.6. The van der Waals surface area contributed by atoms with Crippen molar-refractivity contribution in [3.63, 3.8) is 0 Å². The Bertz CT molecular complexity index is 431. The number of aliphatic carboxylic acids is 1. The van der Waals surface area contributed by atoms with Crippen LogP contribution in [0.25, 0.3) is 0 Å². The molecule has 38 heavy (non-hydrogen) atoms. The average molecular weight is 546 g/mol. The van der Waals surface area contributed by atoms with E-state index >= 15 is 0 Å². The fourth-order valence-electron chi connectivity index (χ4n) is 5.34. The number of quaternary nitrogens is 1. The maximum atomic E-state index is 9.24. The van der Waals surface area contributed by atoms with Gasteiger partial charge in [-0.25, -0.2) is 0 Å². The molecule has 0 saturated carbocycles. The Morgan fingerprint density at radius 2 is 0.684 bits per heavy atom. The van der Waals surface area contributed by atoms with Crippen LogP contribution in [0, 0.1) is 0 Å². The molecule has 0 rings (SSSR count). The molecule has 0 radical (unpaired) electrons. The third-order valence-corrected chi connectivity index (χ3v) is 7.61. The number of aliphatic hydroxyl groups excluding tert-OH is 3. The summed E-state index contributed by atoms with van der Waals surface area (Å²) >= 11 is 0. The molecule has 0 atom stereocenters. The molecule has 230 valence electrons. The summed E-state index contributed by atoms with van der Waals surface area (Å²) in [4.78, 5) is 8.89. The highest BCUT2D eigenvalue weighted by molar-refractivity contribution is 5.60. The molecule has 0 unspecified atom stereocenters. The highest BCUT2D eigenvalue weighted by Crippen LogP contribution is 2.18. The van der Waals surface area contributed by atoms with Crippen LogP contribution in [-0.2, 0) is 4.79 Å². The number of carboxylic acid groups (broad SMARTS) is 1. The van der Waals surface area contributed by atoms with Crippen LogP contribution in [0.2, 0.25) is 0 Å². The van der Waals surface area contributed by atoms with Crippen molar-refractivity contribution < 1.29 is 29.7 Å². The minimum absolute atomic E-state index is 0.284. The molecule has 0 bridgehead atoms. The van der Waals surface area contributed by atoms with Gasteiger partial charge in [-0.2, -0.15) is 0 Å². The number of nitrogens with zero attached hydrogens (tertiary/aromatic N) is 1. The van der Waals surface area contributed by atoms with Gasteiger partial charge < -0.3 is 29.7 Å². The molecule has 0 aromatic heterocycles.